The van der Waals surface area contributed by atoms with Crippen molar-refractivity contribution < 1.29 is 9.28 Å². The van der Waals surface area contributed by atoms with Crippen LogP contribution < -0.4 is 5.32 Å². The smallest absolute Gasteiger partial charge is 0.281 e. The first-order chi connectivity index (χ1) is 6.00. The van der Waals surface area contributed by atoms with Crippen LogP contribution in [0.25, 0.3) is 0 Å². The fraction of sp³-hybridized carbons (Fsp3) is 0.900. The Hall–Kier alpha value is -0.570. The van der Waals surface area contributed by atoms with Gasteiger partial charge in [-0.1, -0.05) is 0 Å². The lowest BCUT2D eigenvalue weighted by Gasteiger charge is -2.51. The number of carbonyl (C=O) groups excluding carboxylic acids is 1. The Balaban J connectivity index is 2.87. The first kappa shape index (κ1) is 10.5. The number of rotatable bonds is 3. The molecule has 1 saturated carbocycles. The molecule has 1 N–H and O–H groups in total. The van der Waals surface area contributed by atoms with E-state index in [1.807, 2.05) is 0 Å². The summed E-state index contributed by atoms with van der Waals surface area (Å²) in [6.07, 6.45) is 3.26. The summed E-state index contributed by atoms with van der Waals surface area (Å²) < 4.78 is 0.812. The van der Waals surface area contributed by atoms with Crippen molar-refractivity contribution in [1.82, 2.24) is 5.32 Å². The van der Waals surface area contributed by atoms with Crippen LogP contribution in [-0.2, 0) is 4.79 Å². The molecule has 0 atom stereocenters. The molecule has 0 aliphatic heterocycles. The maximum absolute atomic E-state index is 11.8. The molecule has 1 fully saturated rings. The van der Waals surface area contributed by atoms with Crippen LogP contribution in [-0.4, -0.2) is 43.6 Å². The molecule has 0 spiro atoms. The van der Waals surface area contributed by atoms with E-state index in [4.69, 9.17) is 0 Å². The van der Waals surface area contributed by atoms with Gasteiger partial charge in [0.1, 0.15) is 0 Å². The highest BCUT2D eigenvalue weighted by Gasteiger charge is 2.55. The van der Waals surface area contributed by atoms with E-state index in [2.05, 4.69) is 26.3 Å². The predicted molar refractivity (Wildman–Crippen MR) is 53.3 cm³/mol. The Bertz CT molecular complexity index is 207. The molecule has 0 heterocycles. The predicted octanol–water partition coefficient (Wildman–Crippen LogP) is 0.751. The zero-order valence-electron chi connectivity index (χ0n) is 9.18. The van der Waals surface area contributed by atoms with Crippen LogP contribution in [0.15, 0.2) is 0 Å². The van der Waals surface area contributed by atoms with Crippen molar-refractivity contribution in [2.75, 3.05) is 27.7 Å². The fourth-order valence-corrected chi connectivity index (χ4v) is 2.15. The van der Waals surface area contributed by atoms with E-state index in [0.717, 1.165) is 23.9 Å². The van der Waals surface area contributed by atoms with E-state index in [-0.39, 0.29) is 11.4 Å². The molecule has 13 heavy (non-hydrogen) atoms. The Kier molecular flexibility index (Phi) is 2.66. The van der Waals surface area contributed by atoms with Crippen molar-refractivity contribution in [3.63, 3.8) is 0 Å². The number of likely N-dealkylation sites (N-methyl/N-ethyl adjacent to an activating group) is 2. The normalized spacial score (nSPS) is 20.6. The van der Waals surface area contributed by atoms with Crippen molar-refractivity contribution in [1.29, 1.82) is 0 Å². The van der Waals surface area contributed by atoms with Gasteiger partial charge in [-0.2, -0.15) is 0 Å². The molecule has 1 rings (SSSR count). The molecule has 1 aliphatic carbocycles. The third kappa shape index (κ3) is 1.35. The quantitative estimate of drug-likeness (QED) is 0.646. The lowest BCUT2D eigenvalue weighted by Crippen LogP contribution is -2.69. The molecule has 1 amide bonds. The monoisotopic (exact) mass is 185 g/mol. The van der Waals surface area contributed by atoms with Gasteiger partial charge in [-0.15, -0.1) is 0 Å². The van der Waals surface area contributed by atoms with Crippen molar-refractivity contribution in [2.24, 2.45) is 0 Å². The first-order valence-electron chi connectivity index (χ1n) is 5.05. The molecule has 0 aromatic rings. The molecule has 0 unspecified atom stereocenters. The minimum Gasteiger partial charge on any atom is -0.354 e. The second-order valence-corrected chi connectivity index (χ2v) is 4.47. The summed E-state index contributed by atoms with van der Waals surface area (Å²) in [6, 6.07) is 0. The maximum atomic E-state index is 11.8. The Labute approximate surface area is 80.7 Å². The van der Waals surface area contributed by atoms with Crippen LogP contribution in [0, 0.1) is 0 Å². The van der Waals surface area contributed by atoms with Gasteiger partial charge in [0.25, 0.3) is 5.91 Å². The van der Waals surface area contributed by atoms with Gasteiger partial charge in [-0.25, -0.2) is 0 Å². The molecule has 3 nitrogen and oxygen atoms in total. The molecule has 0 aromatic carbocycles. The fourth-order valence-electron chi connectivity index (χ4n) is 2.15. The third-order valence-corrected chi connectivity index (χ3v) is 3.78. The van der Waals surface area contributed by atoms with Crippen LogP contribution >= 0.6 is 0 Å². The number of nitrogens with one attached hydrogen (secondary N) is 1. The summed E-state index contributed by atoms with van der Waals surface area (Å²) in [7, 11) is 6.03. The summed E-state index contributed by atoms with van der Waals surface area (Å²) in [4.78, 5) is 11.8. The Morgan fingerprint density at radius 3 is 2.23 bits per heavy atom. The van der Waals surface area contributed by atoms with Gasteiger partial charge in [-0.05, 0) is 13.3 Å². The first-order valence-corrected chi connectivity index (χ1v) is 5.05. The summed E-state index contributed by atoms with van der Waals surface area (Å²) in [6.45, 7) is 3.15. The lowest BCUT2D eigenvalue weighted by atomic mass is 9.73. The van der Waals surface area contributed by atoms with Crippen LogP contribution in [0.2, 0.25) is 0 Å². The molecule has 0 aromatic heterocycles. The van der Waals surface area contributed by atoms with E-state index in [0.29, 0.717) is 0 Å². The summed E-state index contributed by atoms with van der Waals surface area (Å²) >= 11 is 0. The summed E-state index contributed by atoms with van der Waals surface area (Å²) in [5.41, 5.74) is -0.135. The van der Waals surface area contributed by atoms with Gasteiger partial charge in [0.15, 0.2) is 5.54 Å². The van der Waals surface area contributed by atoms with E-state index in [9.17, 15) is 4.79 Å². The second kappa shape index (κ2) is 3.29. The molecule has 0 radical (unpaired) electrons. The zero-order chi connectivity index (χ0) is 10.1. The number of carbonyl (C=O) groups is 1. The number of nitrogens with zero attached hydrogens (tertiary/aromatic N) is 1. The van der Waals surface area contributed by atoms with E-state index in [1.54, 1.807) is 7.05 Å². The van der Waals surface area contributed by atoms with Crippen LogP contribution in [0.3, 0.4) is 0 Å². The van der Waals surface area contributed by atoms with Gasteiger partial charge < -0.3 is 9.80 Å². The van der Waals surface area contributed by atoms with Crippen molar-refractivity contribution in [2.45, 2.75) is 31.7 Å². The highest BCUT2D eigenvalue weighted by molar-refractivity contribution is 5.85. The topological polar surface area (TPSA) is 29.1 Å². The van der Waals surface area contributed by atoms with Crippen molar-refractivity contribution in [3.05, 3.63) is 0 Å². The highest BCUT2D eigenvalue weighted by atomic mass is 16.2. The number of hydrogen-bond acceptors (Lipinski definition) is 1. The largest absolute Gasteiger partial charge is 0.354 e. The molecule has 0 bridgehead atoms. The van der Waals surface area contributed by atoms with Gasteiger partial charge in [-0.3, -0.25) is 4.79 Å². The Morgan fingerprint density at radius 2 is 2.00 bits per heavy atom. The lowest BCUT2D eigenvalue weighted by molar-refractivity contribution is -0.936. The molecular formula is C10H21N2O+. The van der Waals surface area contributed by atoms with Gasteiger partial charge in [0.05, 0.1) is 20.6 Å². The summed E-state index contributed by atoms with van der Waals surface area (Å²) in [5, 5.41) is 2.79. The average molecular weight is 185 g/mol. The number of amides is 1. The van der Waals surface area contributed by atoms with Gasteiger partial charge >= 0.3 is 0 Å². The van der Waals surface area contributed by atoms with Gasteiger partial charge in [0.2, 0.25) is 0 Å². The second-order valence-electron chi connectivity index (χ2n) is 4.47. The minimum absolute atomic E-state index is 0.135. The molecular weight excluding hydrogens is 164 g/mol. The van der Waals surface area contributed by atoms with Crippen LogP contribution in [0.5, 0.6) is 0 Å². The van der Waals surface area contributed by atoms with Crippen molar-refractivity contribution in [3.8, 4) is 0 Å². The van der Waals surface area contributed by atoms with E-state index < -0.39 is 0 Å². The standard InChI is InChI=1S/C10H20N2O/c1-5-12(3,4)10(7-6-8-10)9(13)11-2/h5-8H2,1-4H3/p+1. The number of hydrogen-bond donors (Lipinski definition) is 1. The third-order valence-electron chi connectivity index (χ3n) is 3.78. The van der Waals surface area contributed by atoms with Crippen LogP contribution in [0.1, 0.15) is 26.2 Å². The minimum atomic E-state index is -0.135. The molecule has 1 aliphatic rings. The zero-order valence-corrected chi connectivity index (χ0v) is 9.18. The maximum Gasteiger partial charge on any atom is 0.281 e. The highest BCUT2D eigenvalue weighted by Crippen LogP contribution is 2.40. The van der Waals surface area contributed by atoms with E-state index in [1.165, 1.54) is 6.42 Å². The molecule has 76 valence electrons. The average Bonchev–Trinajstić information content (AvgIpc) is 2.01. The number of quaternary nitrogens is 1. The van der Waals surface area contributed by atoms with Crippen LogP contribution in [0.4, 0.5) is 0 Å². The van der Waals surface area contributed by atoms with Crippen molar-refractivity contribution >= 4 is 5.91 Å². The van der Waals surface area contributed by atoms with E-state index >= 15 is 0 Å². The molecule has 0 saturated heterocycles. The SMILES string of the molecule is CC[N+](C)(C)C1(C(=O)NC)CCC1. The van der Waals surface area contributed by atoms with Gasteiger partial charge in [0, 0.05) is 19.9 Å². The summed E-state index contributed by atoms with van der Waals surface area (Å²) in [5.74, 6) is 0.214. The Morgan fingerprint density at radius 1 is 1.46 bits per heavy atom. The molecule has 3 heteroatoms.